The van der Waals surface area contributed by atoms with E-state index in [2.05, 4.69) is 10.8 Å². The van der Waals surface area contributed by atoms with Gasteiger partial charge in [-0.15, -0.1) is 0 Å². The Morgan fingerprint density at radius 2 is 1.78 bits per heavy atom. The third-order valence-corrected chi connectivity index (χ3v) is 6.22. The molecule has 0 bridgehead atoms. The number of rotatable bonds is 9. The average molecular weight is 583 g/mol. The van der Waals surface area contributed by atoms with Crippen LogP contribution in [-0.2, 0) is 30.4 Å². The molecule has 1 fully saturated rings. The molecule has 0 atom stereocenters. The predicted octanol–water partition coefficient (Wildman–Crippen LogP) is 4.16. The van der Waals surface area contributed by atoms with Crippen molar-refractivity contribution in [2.24, 2.45) is 0 Å². The van der Waals surface area contributed by atoms with Crippen molar-refractivity contribution in [3.63, 3.8) is 0 Å². The molecule has 2 aliphatic rings. The van der Waals surface area contributed by atoms with Crippen LogP contribution in [-0.4, -0.2) is 73.6 Å². The summed E-state index contributed by atoms with van der Waals surface area (Å²) in [5, 5.41) is 2.25. The third-order valence-electron chi connectivity index (χ3n) is 6.22. The van der Waals surface area contributed by atoms with Gasteiger partial charge in [0.05, 0.1) is 17.9 Å². The monoisotopic (exact) mass is 582 g/mol. The van der Waals surface area contributed by atoms with E-state index in [0.717, 1.165) is 17.8 Å². The number of nitrogens with one attached hydrogen (secondary N) is 2. The summed E-state index contributed by atoms with van der Waals surface area (Å²) < 4.78 is 44.8. The second-order valence-electron chi connectivity index (χ2n) is 11.2. The maximum absolute atomic E-state index is 14.9. The van der Waals surface area contributed by atoms with Gasteiger partial charge < -0.3 is 29.3 Å². The molecule has 0 aromatic heterocycles. The highest BCUT2D eigenvalue weighted by Gasteiger charge is 2.26. The number of hydroxylamine groups is 1. The highest BCUT2D eigenvalue weighted by atomic mass is 19.1. The van der Waals surface area contributed by atoms with Crippen LogP contribution >= 0.6 is 0 Å². The summed E-state index contributed by atoms with van der Waals surface area (Å²) in [4.78, 5) is 44.7. The number of likely N-dealkylation sites (tertiary alicyclic amines) is 1. The fourth-order valence-corrected chi connectivity index (χ4v) is 4.17. The van der Waals surface area contributed by atoms with E-state index < -0.39 is 42.4 Å². The van der Waals surface area contributed by atoms with Crippen molar-refractivity contribution in [1.82, 2.24) is 15.7 Å². The number of alkyl carbamates (subject to hydrolysis) is 1. The zero-order chi connectivity index (χ0) is 30.2. The Bertz CT molecular complexity index is 1120. The van der Waals surface area contributed by atoms with E-state index in [1.807, 2.05) is 19.9 Å². The molecule has 2 aliphatic heterocycles. The van der Waals surface area contributed by atoms with Crippen LogP contribution in [0, 0.1) is 11.6 Å². The van der Waals surface area contributed by atoms with E-state index in [9.17, 15) is 23.2 Å². The minimum Gasteiger partial charge on any atom is -0.459 e. The molecule has 0 unspecified atom stereocenters. The third kappa shape index (κ3) is 10.4. The molecule has 1 aromatic carbocycles. The first-order chi connectivity index (χ1) is 19.3. The number of halogens is 2. The van der Waals surface area contributed by atoms with E-state index >= 15 is 0 Å². The number of benzene rings is 1. The van der Waals surface area contributed by atoms with Crippen LogP contribution in [0.2, 0.25) is 0 Å². The molecule has 41 heavy (non-hydrogen) atoms. The number of hydrogen-bond acceptors (Lipinski definition) is 9. The standard InChI is InChI=1S/C28H40F2N4O7/c1-18(2)39-27(37)34-12-8-21(9-13-34)41-32-20-6-10-33(11-7-20)24-15-22(29)19(14-23(24)30)17-38-25(35)16-31-26(36)40-28(3,4)5/h6,14-15,18,21,32H,7-13,16-17H2,1-5H3,(H,31,36). The number of amides is 2. The average Bonchev–Trinajstić information content (AvgIpc) is 2.90. The molecular weight excluding hydrogens is 542 g/mol. The Morgan fingerprint density at radius 1 is 1.07 bits per heavy atom. The fourth-order valence-electron chi connectivity index (χ4n) is 4.17. The number of anilines is 1. The van der Waals surface area contributed by atoms with Gasteiger partial charge in [0.1, 0.15) is 30.4 Å². The molecule has 11 nitrogen and oxygen atoms in total. The number of carbonyl (C=O) groups is 3. The van der Waals surface area contributed by atoms with Crippen molar-refractivity contribution in [2.75, 3.05) is 37.6 Å². The fraction of sp³-hybridized carbons (Fsp3) is 0.607. The molecule has 1 saturated heterocycles. The Morgan fingerprint density at radius 3 is 2.39 bits per heavy atom. The van der Waals surface area contributed by atoms with Crippen LogP contribution in [0.15, 0.2) is 23.9 Å². The van der Waals surface area contributed by atoms with Crippen LogP contribution < -0.4 is 15.7 Å². The molecule has 0 aliphatic carbocycles. The van der Waals surface area contributed by atoms with E-state index in [-0.39, 0.29) is 29.6 Å². The second-order valence-corrected chi connectivity index (χ2v) is 11.2. The molecular formula is C28H40F2N4O7. The molecule has 228 valence electrons. The largest absolute Gasteiger partial charge is 0.459 e. The Kier molecular flexibility index (Phi) is 11.2. The van der Waals surface area contributed by atoms with Gasteiger partial charge in [0.25, 0.3) is 0 Å². The van der Waals surface area contributed by atoms with Gasteiger partial charge in [-0.3, -0.25) is 15.1 Å². The number of carbonyl (C=O) groups excluding carboxylic acids is 3. The lowest BCUT2D eigenvalue weighted by Gasteiger charge is -2.33. The van der Waals surface area contributed by atoms with Crippen molar-refractivity contribution >= 4 is 23.8 Å². The zero-order valence-electron chi connectivity index (χ0n) is 24.3. The molecule has 13 heteroatoms. The van der Waals surface area contributed by atoms with Gasteiger partial charge >= 0.3 is 18.2 Å². The van der Waals surface area contributed by atoms with E-state index in [1.165, 1.54) is 0 Å². The number of hydrogen-bond donors (Lipinski definition) is 2. The van der Waals surface area contributed by atoms with Gasteiger partial charge in [-0.05, 0) is 59.6 Å². The number of ether oxygens (including phenoxy) is 3. The smallest absolute Gasteiger partial charge is 0.410 e. The topological polar surface area (TPSA) is 119 Å². The van der Waals surface area contributed by atoms with E-state index in [1.54, 1.807) is 30.6 Å². The van der Waals surface area contributed by atoms with Gasteiger partial charge in [-0.2, -0.15) is 0 Å². The first-order valence-corrected chi connectivity index (χ1v) is 13.7. The van der Waals surface area contributed by atoms with E-state index in [4.69, 9.17) is 19.0 Å². The summed E-state index contributed by atoms with van der Waals surface area (Å²) in [7, 11) is 0. The van der Waals surface area contributed by atoms with Crippen LogP contribution in [0.4, 0.5) is 24.1 Å². The van der Waals surface area contributed by atoms with Crippen molar-refractivity contribution in [2.45, 2.75) is 78.3 Å². The van der Waals surface area contributed by atoms with Crippen LogP contribution in [0.5, 0.6) is 0 Å². The normalized spacial score (nSPS) is 16.2. The molecule has 2 amide bonds. The molecule has 0 saturated carbocycles. The first-order valence-electron chi connectivity index (χ1n) is 13.7. The molecule has 3 rings (SSSR count). The number of piperidine rings is 1. The summed E-state index contributed by atoms with van der Waals surface area (Å²) >= 11 is 0. The van der Waals surface area contributed by atoms with Gasteiger partial charge in [0, 0.05) is 49.9 Å². The van der Waals surface area contributed by atoms with E-state index in [0.29, 0.717) is 45.4 Å². The van der Waals surface area contributed by atoms with Crippen LogP contribution in [0.1, 0.15) is 59.4 Å². The van der Waals surface area contributed by atoms with Crippen LogP contribution in [0.3, 0.4) is 0 Å². The van der Waals surface area contributed by atoms with Crippen molar-refractivity contribution < 1.29 is 42.2 Å². The highest BCUT2D eigenvalue weighted by Crippen LogP contribution is 2.26. The SMILES string of the molecule is CC(C)OC(=O)N1CCC(ONC2=CCN(c3cc(F)c(COC(=O)CNC(=O)OC(C)(C)C)cc3F)CC2)CC1. The maximum atomic E-state index is 14.9. The predicted molar refractivity (Wildman–Crippen MR) is 146 cm³/mol. The van der Waals surface area contributed by atoms with Crippen molar-refractivity contribution in [1.29, 1.82) is 0 Å². The summed E-state index contributed by atoms with van der Waals surface area (Å²) in [5.74, 6) is -2.18. The summed E-state index contributed by atoms with van der Waals surface area (Å²) in [6, 6.07) is 2.08. The lowest BCUT2D eigenvalue weighted by atomic mass is 10.1. The lowest BCUT2D eigenvalue weighted by Crippen LogP contribution is -2.43. The van der Waals surface area contributed by atoms with Crippen LogP contribution in [0.25, 0.3) is 0 Å². The lowest BCUT2D eigenvalue weighted by molar-refractivity contribution is -0.143. The van der Waals surface area contributed by atoms with Gasteiger partial charge in [0.15, 0.2) is 0 Å². The highest BCUT2D eigenvalue weighted by molar-refractivity contribution is 5.78. The number of nitrogens with zero attached hydrogens (tertiary/aromatic N) is 2. The second kappa shape index (κ2) is 14.3. The number of esters is 1. The van der Waals surface area contributed by atoms with Crippen molar-refractivity contribution in [3.05, 3.63) is 41.1 Å². The molecule has 2 heterocycles. The summed E-state index contributed by atoms with van der Waals surface area (Å²) in [6.45, 7) is 9.58. The molecule has 2 N–H and O–H groups in total. The molecule has 1 aromatic rings. The molecule has 0 radical (unpaired) electrons. The zero-order valence-corrected chi connectivity index (χ0v) is 24.3. The van der Waals surface area contributed by atoms with Gasteiger partial charge in [-0.1, -0.05) is 0 Å². The Balaban J connectivity index is 1.43. The summed E-state index contributed by atoms with van der Waals surface area (Å²) in [5.41, 5.74) is 3.07. The van der Waals surface area contributed by atoms with Gasteiger partial charge in [-0.25, -0.2) is 18.4 Å². The van der Waals surface area contributed by atoms with Gasteiger partial charge in [0.2, 0.25) is 0 Å². The van der Waals surface area contributed by atoms with Crippen molar-refractivity contribution in [3.8, 4) is 0 Å². The summed E-state index contributed by atoms with van der Waals surface area (Å²) in [6.07, 6.45) is 2.41. The minimum atomic E-state index is -0.817. The molecule has 0 spiro atoms. The Hall–Kier alpha value is -3.61. The Labute approximate surface area is 239 Å². The first kappa shape index (κ1) is 31.9. The maximum Gasteiger partial charge on any atom is 0.410 e. The quantitative estimate of drug-likeness (QED) is 0.251. The minimum absolute atomic E-state index is 0.0571.